The highest BCUT2D eigenvalue weighted by atomic mass is 79.9. The highest BCUT2D eigenvalue weighted by Gasteiger charge is 2.26. The number of anilines is 1. The second-order valence-corrected chi connectivity index (χ2v) is 6.33. The van der Waals surface area contributed by atoms with Gasteiger partial charge in [0.05, 0.1) is 5.69 Å². The van der Waals surface area contributed by atoms with Gasteiger partial charge in [-0.15, -0.1) is 0 Å². The van der Waals surface area contributed by atoms with Gasteiger partial charge in [-0.05, 0) is 70.8 Å². The van der Waals surface area contributed by atoms with E-state index in [1.54, 1.807) is 0 Å². The van der Waals surface area contributed by atoms with Crippen molar-refractivity contribution in [1.82, 2.24) is 5.32 Å². The van der Waals surface area contributed by atoms with E-state index in [1.165, 1.54) is 27.5 Å². The summed E-state index contributed by atoms with van der Waals surface area (Å²) < 4.78 is 2.34. The minimum Gasteiger partial charge on any atom is -0.367 e. The van der Waals surface area contributed by atoms with Crippen LogP contribution in [0.15, 0.2) is 27.1 Å². The fraction of sp³-hybridized carbons (Fsp3) is 0.538. The van der Waals surface area contributed by atoms with Crippen LogP contribution in [-0.2, 0) is 0 Å². The van der Waals surface area contributed by atoms with E-state index in [-0.39, 0.29) is 0 Å². The smallest absolute Gasteiger partial charge is 0.0657 e. The van der Waals surface area contributed by atoms with Crippen molar-refractivity contribution < 1.29 is 0 Å². The first-order valence-electron chi connectivity index (χ1n) is 6.01. The Labute approximate surface area is 120 Å². The standard InChI is InChI=1S/C13H18Br2N2/c1-9-8-10(16-2)6-7-17(9)13-11(14)4-3-5-12(13)15/h3-5,9-10,16H,6-8H2,1-2H3. The molecule has 0 saturated carbocycles. The summed E-state index contributed by atoms with van der Waals surface area (Å²) in [6.07, 6.45) is 2.40. The molecular weight excluding hydrogens is 344 g/mol. The number of halogens is 2. The van der Waals surface area contributed by atoms with Gasteiger partial charge in [0.15, 0.2) is 0 Å². The number of nitrogens with one attached hydrogen (secondary N) is 1. The summed E-state index contributed by atoms with van der Waals surface area (Å²) in [5, 5.41) is 3.39. The Morgan fingerprint density at radius 2 is 1.94 bits per heavy atom. The van der Waals surface area contributed by atoms with Crippen molar-refractivity contribution in [2.24, 2.45) is 0 Å². The summed E-state index contributed by atoms with van der Waals surface area (Å²) >= 11 is 7.31. The van der Waals surface area contributed by atoms with Crippen molar-refractivity contribution in [1.29, 1.82) is 0 Å². The lowest BCUT2D eigenvalue weighted by atomic mass is 9.98. The zero-order chi connectivity index (χ0) is 12.4. The lowest BCUT2D eigenvalue weighted by molar-refractivity contribution is 0.386. The zero-order valence-electron chi connectivity index (χ0n) is 10.2. The maximum Gasteiger partial charge on any atom is 0.0657 e. The predicted octanol–water partition coefficient (Wildman–Crippen LogP) is 3.79. The molecule has 0 amide bonds. The van der Waals surface area contributed by atoms with Crippen molar-refractivity contribution in [3.63, 3.8) is 0 Å². The summed E-state index contributed by atoms with van der Waals surface area (Å²) in [7, 11) is 2.06. The molecule has 4 heteroatoms. The van der Waals surface area contributed by atoms with Gasteiger partial charge in [-0.1, -0.05) is 6.07 Å². The van der Waals surface area contributed by atoms with E-state index in [4.69, 9.17) is 0 Å². The summed E-state index contributed by atoms with van der Waals surface area (Å²) in [6, 6.07) is 7.50. The maximum absolute atomic E-state index is 3.66. The Hall–Kier alpha value is -0.0600. The van der Waals surface area contributed by atoms with E-state index < -0.39 is 0 Å². The average molecular weight is 362 g/mol. The highest BCUT2D eigenvalue weighted by molar-refractivity contribution is 9.11. The molecule has 0 bridgehead atoms. The number of benzene rings is 1. The quantitative estimate of drug-likeness (QED) is 0.862. The van der Waals surface area contributed by atoms with Crippen molar-refractivity contribution in [3.05, 3.63) is 27.1 Å². The topological polar surface area (TPSA) is 15.3 Å². The van der Waals surface area contributed by atoms with E-state index in [9.17, 15) is 0 Å². The molecule has 94 valence electrons. The Bertz CT molecular complexity index is 375. The molecule has 0 radical (unpaired) electrons. The molecule has 2 nitrogen and oxygen atoms in total. The fourth-order valence-electron chi connectivity index (χ4n) is 2.53. The highest BCUT2D eigenvalue weighted by Crippen LogP contribution is 2.37. The normalized spacial score (nSPS) is 25.1. The molecule has 1 aromatic carbocycles. The van der Waals surface area contributed by atoms with E-state index in [0.717, 1.165) is 6.54 Å². The molecule has 1 aliphatic heterocycles. The molecular formula is C13H18Br2N2. The molecule has 1 saturated heterocycles. The van der Waals surface area contributed by atoms with Gasteiger partial charge in [0, 0.05) is 27.6 Å². The first-order valence-corrected chi connectivity index (χ1v) is 7.60. The van der Waals surface area contributed by atoms with E-state index in [0.29, 0.717) is 12.1 Å². The Kier molecular flexibility index (Phi) is 4.50. The first-order chi connectivity index (χ1) is 8.13. The third-order valence-corrected chi connectivity index (χ3v) is 4.79. The molecule has 1 aromatic rings. The van der Waals surface area contributed by atoms with Gasteiger partial charge in [0.1, 0.15) is 0 Å². The average Bonchev–Trinajstić information content (AvgIpc) is 2.30. The van der Waals surface area contributed by atoms with Crippen molar-refractivity contribution >= 4 is 37.5 Å². The Morgan fingerprint density at radius 1 is 1.29 bits per heavy atom. The first kappa shape index (κ1) is 13.4. The number of para-hydroxylation sites is 1. The van der Waals surface area contributed by atoms with Crippen LogP contribution in [0.3, 0.4) is 0 Å². The SMILES string of the molecule is CNC1CCN(c2c(Br)cccc2Br)C(C)C1. The number of hydrogen-bond acceptors (Lipinski definition) is 2. The van der Waals surface area contributed by atoms with Gasteiger partial charge in [-0.25, -0.2) is 0 Å². The van der Waals surface area contributed by atoms with Crippen molar-refractivity contribution in [2.45, 2.75) is 31.8 Å². The second-order valence-electron chi connectivity index (χ2n) is 4.62. The minimum absolute atomic E-state index is 0.566. The molecule has 1 heterocycles. The van der Waals surface area contributed by atoms with Crippen LogP contribution in [0.5, 0.6) is 0 Å². The molecule has 1 aliphatic rings. The van der Waals surface area contributed by atoms with Gasteiger partial charge < -0.3 is 10.2 Å². The summed E-state index contributed by atoms with van der Waals surface area (Å²) in [4.78, 5) is 2.49. The number of hydrogen-bond donors (Lipinski definition) is 1. The number of piperidine rings is 1. The molecule has 2 rings (SSSR count). The third kappa shape index (κ3) is 2.85. The molecule has 17 heavy (non-hydrogen) atoms. The monoisotopic (exact) mass is 360 g/mol. The third-order valence-electron chi connectivity index (χ3n) is 3.51. The fourth-order valence-corrected chi connectivity index (χ4v) is 3.98. The largest absolute Gasteiger partial charge is 0.367 e. The van der Waals surface area contributed by atoms with Crippen LogP contribution in [0.25, 0.3) is 0 Å². The maximum atomic E-state index is 3.66. The van der Waals surface area contributed by atoms with Crippen LogP contribution >= 0.6 is 31.9 Å². The lowest BCUT2D eigenvalue weighted by Crippen LogP contribution is -2.46. The van der Waals surface area contributed by atoms with Gasteiger partial charge in [0.2, 0.25) is 0 Å². The van der Waals surface area contributed by atoms with Gasteiger partial charge in [-0.3, -0.25) is 0 Å². The second kappa shape index (κ2) is 5.72. The van der Waals surface area contributed by atoms with Crippen LogP contribution < -0.4 is 10.2 Å². The Morgan fingerprint density at radius 3 is 2.47 bits per heavy atom. The van der Waals surface area contributed by atoms with Gasteiger partial charge in [-0.2, -0.15) is 0 Å². The minimum atomic E-state index is 0.566. The predicted molar refractivity (Wildman–Crippen MR) is 80.7 cm³/mol. The zero-order valence-corrected chi connectivity index (χ0v) is 13.4. The summed E-state index contributed by atoms with van der Waals surface area (Å²) in [5.41, 5.74) is 1.29. The van der Waals surface area contributed by atoms with E-state index >= 15 is 0 Å². The van der Waals surface area contributed by atoms with Crippen LogP contribution in [0, 0.1) is 0 Å². The summed E-state index contributed by atoms with van der Waals surface area (Å²) in [6.45, 7) is 3.41. The van der Waals surface area contributed by atoms with Crippen molar-refractivity contribution in [3.8, 4) is 0 Å². The number of rotatable bonds is 2. The molecule has 0 spiro atoms. The Balaban J connectivity index is 2.23. The van der Waals surface area contributed by atoms with Crippen LogP contribution in [0.1, 0.15) is 19.8 Å². The molecule has 2 atom stereocenters. The number of nitrogens with zero attached hydrogens (tertiary/aromatic N) is 1. The van der Waals surface area contributed by atoms with Crippen molar-refractivity contribution in [2.75, 3.05) is 18.5 Å². The lowest BCUT2D eigenvalue weighted by Gasteiger charge is -2.40. The van der Waals surface area contributed by atoms with Gasteiger partial charge >= 0.3 is 0 Å². The molecule has 0 aliphatic carbocycles. The summed E-state index contributed by atoms with van der Waals surface area (Å²) in [5.74, 6) is 0. The van der Waals surface area contributed by atoms with Crippen LogP contribution in [0.2, 0.25) is 0 Å². The molecule has 0 aromatic heterocycles. The van der Waals surface area contributed by atoms with Gasteiger partial charge in [0.25, 0.3) is 0 Å². The van der Waals surface area contributed by atoms with Crippen LogP contribution in [0.4, 0.5) is 5.69 Å². The molecule has 2 unspecified atom stereocenters. The molecule has 1 N–H and O–H groups in total. The van der Waals surface area contributed by atoms with E-state index in [1.807, 2.05) is 0 Å². The molecule has 1 fully saturated rings. The van der Waals surface area contributed by atoms with E-state index in [2.05, 4.69) is 74.2 Å². The van der Waals surface area contributed by atoms with Crippen LogP contribution in [-0.4, -0.2) is 25.7 Å².